The Bertz CT molecular complexity index is 613. The van der Waals surface area contributed by atoms with Crippen LogP contribution in [0.4, 0.5) is 5.13 Å². The summed E-state index contributed by atoms with van der Waals surface area (Å²) in [6, 6.07) is 5.38. The summed E-state index contributed by atoms with van der Waals surface area (Å²) in [7, 11) is 3.13. The fourth-order valence-electron chi connectivity index (χ4n) is 1.69. The summed E-state index contributed by atoms with van der Waals surface area (Å²) in [5, 5.41) is 11.7. The molecule has 2 aromatic rings. The van der Waals surface area contributed by atoms with E-state index in [0.29, 0.717) is 16.6 Å². The fraction of sp³-hybridized carbons (Fsp3) is 0.308. The predicted octanol–water partition coefficient (Wildman–Crippen LogP) is 2.04. The summed E-state index contributed by atoms with van der Waals surface area (Å²) in [6.07, 6.45) is 0.235. The SMILES string of the molecule is COc1ccc(CC(=O)Nc2nnc(C)s2)cc1OC. The van der Waals surface area contributed by atoms with Gasteiger partial charge in [0.05, 0.1) is 20.6 Å². The Hall–Kier alpha value is -2.15. The molecule has 1 heterocycles. The molecular weight excluding hydrogens is 278 g/mol. The van der Waals surface area contributed by atoms with Crippen LogP contribution in [0.2, 0.25) is 0 Å². The normalized spacial score (nSPS) is 10.2. The van der Waals surface area contributed by atoms with Crippen molar-refractivity contribution < 1.29 is 14.3 Å². The lowest BCUT2D eigenvalue weighted by atomic mass is 10.1. The Labute approximate surface area is 120 Å². The van der Waals surface area contributed by atoms with E-state index in [2.05, 4.69) is 15.5 Å². The zero-order chi connectivity index (χ0) is 14.5. The molecule has 20 heavy (non-hydrogen) atoms. The Morgan fingerprint density at radius 2 is 2.00 bits per heavy atom. The molecule has 6 nitrogen and oxygen atoms in total. The first-order chi connectivity index (χ1) is 9.62. The molecule has 0 radical (unpaired) electrons. The average molecular weight is 293 g/mol. The minimum absolute atomic E-state index is 0.145. The second-order valence-corrected chi connectivity index (χ2v) is 5.22. The molecule has 0 bridgehead atoms. The van der Waals surface area contributed by atoms with Crippen LogP contribution >= 0.6 is 11.3 Å². The number of carbonyl (C=O) groups excluding carboxylic acids is 1. The monoisotopic (exact) mass is 293 g/mol. The lowest BCUT2D eigenvalue weighted by Crippen LogP contribution is -2.14. The first kappa shape index (κ1) is 14.3. The van der Waals surface area contributed by atoms with E-state index >= 15 is 0 Å². The minimum Gasteiger partial charge on any atom is -0.493 e. The van der Waals surface area contributed by atoms with Crippen LogP contribution in [0.1, 0.15) is 10.6 Å². The lowest BCUT2D eigenvalue weighted by molar-refractivity contribution is -0.115. The van der Waals surface area contributed by atoms with Gasteiger partial charge in [0.1, 0.15) is 5.01 Å². The number of aromatic nitrogens is 2. The molecule has 0 unspecified atom stereocenters. The van der Waals surface area contributed by atoms with E-state index < -0.39 is 0 Å². The highest BCUT2D eigenvalue weighted by molar-refractivity contribution is 7.15. The minimum atomic E-state index is -0.145. The van der Waals surface area contributed by atoms with Gasteiger partial charge in [-0.05, 0) is 24.6 Å². The van der Waals surface area contributed by atoms with Crippen LogP contribution < -0.4 is 14.8 Å². The number of nitrogens with one attached hydrogen (secondary N) is 1. The molecule has 0 saturated carbocycles. The van der Waals surface area contributed by atoms with Gasteiger partial charge < -0.3 is 14.8 Å². The molecule has 0 aliphatic rings. The number of anilines is 1. The Morgan fingerprint density at radius 3 is 2.60 bits per heavy atom. The predicted molar refractivity (Wildman–Crippen MR) is 76.5 cm³/mol. The van der Waals surface area contributed by atoms with E-state index in [4.69, 9.17) is 9.47 Å². The average Bonchev–Trinajstić information content (AvgIpc) is 2.83. The van der Waals surface area contributed by atoms with E-state index in [1.54, 1.807) is 26.4 Å². The van der Waals surface area contributed by atoms with Crippen molar-refractivity contribution in [1.29, 1.82) is 0 Å². The number of rotatable bonds is 5. The number of methoxy groups -OCH3 is 2. The Morgan fingerprint density at radius 1 is 1.25 bits per heavy atom. The van der Waals surface area contributed by atoms with Gasteiger partial charge in [0.15, 0.2) is 11.5 Å². The number of ether oxygens (including phenoxy) is 2. The molecule has 1 N–H and O–H groups in total. The summed E-state index contributed by atoms with van der Waals surface area (Å²) < 4.78 is 10.4. The quantitative estimate of drug-likeness (QED) is 0.913. The second kappa shape index (κ2) is 6.33. The highest BCUT2D eigenvalue weighted by Crippen LogP contribution is 2.27. The maximum Gasteiger partial charge on any atom is 0.230 e. The molecule has 106 valence electrons. The summed E-state index contributed by atoms with van der Waals surface area (Å²) in [6.45, 7) is 1.83. The molecule has 0 aliphatic carbocycles. The molecule has 1 amide bonds. The van der Waals surface area contributed by atoms with Crippen molar-refractivity contribution in [3.05, 3.63) is 28.8 Å². The number of hydrogen-bond donors (Lipinski definition) is 1. The van der Waals surface area contributed by atoms with Crippen molar-refractivity contribution in [2.75, 3.05) is 19.5 Å². The summed E-state index contributed by atoms with van der Waals surface area (Å²) in [4.78, 5) is 11.9. The standard InChI is InChI=1S/C13H15N3O3S/c1-8-15-16-13(20-8)14-12(17)7-9-4-5-10(18-2)11(6-9)19-3/h4-6H,7H2,1-3H3,(H,14,16,17). The highest BCUT2D eigenvalue weighted by Gasteiger charge is 2.10. The zero-order valence-electron chi connectivity index (χ0n) is 11.5. The van der Waals surface area contributed by atoms with Crippen LogP contribution in [0.5, 0.6) is 11.5 Å². The van der Waals surface area contributed by atoms with E-state index in [0.717, 1.165) is 10.6 Å². The number of carbonyl (C=O) groups is 1. The van der Waals surface area contributed by atoms with Gasteiger partial charge in [0, 0.05) is 0 Å². The molecular formula is C13H15N3O3S. The van der Waals surface area contributed by atoms with Gasteiger partial charge in [-0.25, -0.2) is 0 Å². The molecule has 0 spiro atoms. The van der Waals surface area contributed by atoms with Gasteiger partial charge in [-0.15, -0.1) is 10.2 Å². The van der Waals surface area contributed by atoms with Gasteiger partial charge in [-0.1, -0.05) is 17.4 Å². The fourth-order valence-corrected chi connectivity index (χ4v) is 2.29. The molecule has 0 saturated heterocycles. The molecule has 0 aliphatic heterocycles. The third-order valence-electron chi connectivity index (χ3n) is 2.59. The van der Waals surface area contributed by atoms with Crippen LogP contribution in [-0.2, 0) is 11.2 Å². The third kappa shape index (κ3) is 3.45. The molecule has 0 atom stereocenters. The van der Waals surface area contributed by atoms with Crippen molar-refractivity contribution in [1.82, 2.24) is 10.2 Å². The zero-order valence-corrected chi connectivity index (χ0v) is 12.3. The van der Waals surface area contributed by atoms with Gasteiger partial charge in [-0.2, -0.15) is 0 Å². The van der Waals surface area contributed by atoms with Crippen molar-refractivity contribution in [3.63, 3.8) is 0 Å². The van der Waals surface area contributed by atoms with Gasteiger partial charge in [0.25, 0.3) is 0 Å². The van der Waals surface area contributed by atoms with E-state index in [9.17, 15) is 4.79 Å². The topological polar surface area (TPSA) is 73.3 Å². The largest absolute Gasteiger partial charge is 0.493 e. The molecule has 1 aromatic heterocycles. The number of amides is 1. The van der Waals surface area contributed by atoms with Gasteiger partial charge in [-0.3, -0.25) is 4.79 Å². The van der Waals surface area contributed by atoms with Crippen molar-refractivity contribution in [2.24, 2.45) is 0 Å². The third-order valence-corrected chi connectivity index (χ3v) is 3.34. The Balaban J connectivity index is 2.04. The number of nitrogens with zero attached hydrogens (tertiary/aromatic N) is 2. The van der Waals surface area contributed by atoms with E-state index in [-0.39, 0.29) is 12.3 Å². The second-order valence-electron chi connectivity index (χ2n) is 4.04. The highest BCUT2D eigenvalue weighted by atomic mass is 32.1. The van der Waals surface area contributed by atoms with Crippen LogP contribution in [0.15, 0.2) is 18.2 Å². The van der Waals surface area contributed by atoms with Crippen molar-refractivity contribution in [3.8, 4) is 11.5 Å². The van der Waals surface area contributed by atoms with E-state index in [1.165, 1.54) is 11.3 Å². The molecule has 2 rings (SSSR count). The summed E-state index contributed by atoms with van der Waals surface area (Å²) in [5.41, 5.74) is 0.835. The van der Waals surface area contributed by atoms with Gasteiger partial charge >= 0.3 is 0 Å². The van der Waals surface area contributed by atoms with Crippen LogP contribution in [0.3, 0.4) is 0 Å². The maximum absolute atomic E-state index is 11.9. The van der Waals surface area contributed by atoms with Crippen LogP contribution in [0, 0.1) is 6.92 Å². The van der Waals surface area contributed by atoms with Gasteiger partial charge in [0.2, 0.25) is 11.0 Å². The smallest absolute Gasteiger partial charge is 0.230 e. The van der Waals surface area contributed by atoms with E-state index in [1.807, 2.05) is 13.0 Å². The number of aryl methyl sites for hydroxylation is 1. The first-order valence-corrected chi connectivity index (χ1v) is 6.75. The summed E-state index contributed by atoms with van der Waals surface area (Å²) >= 11 is 1.34. The molecule has 7 heteroatoms. The Kier molecular flexibility index (Phi) is 4.52. The van der Waals surface area contributed by atoms with Crippen molar-refractivity contribution in [2.45, 2.75) is 13.3 Å². The van der Waals surface area contributed by atoms with Crippen molar-refractivity contribution >= 4 is 22.4 Å². The number of hydrogen-bond acceptors (Lipinski definition) is 6. The molecule has 1 aromatic carbocycles. The van der Waals surface area contributed by atoms with Crippen LogP contribution in [-0.4, -0.2) is 30.3 Å². The van der Waals surface area contributed by atoms with Crippen LogP contribution in [0.25, 0.3) is 0 Å². The number of benzene rings is 1. The lowest BCUT2D eigenvalue weighted by Gasteiger charge is -2.09. The molecule has 0 fully saturated rings. The summed E-state index contributed by atoms with van der Waals surface area (Å²) in [5.74, 6) is 1.09. The first-order valence-electron chi connectivity index (χ1n) is 5.93. The maximum atomic E-state index is 11.9.